The maximum Gasteiger partial charge on any atom is 0.122 e. The normalized spacial score (nSPS) is 10.8. The maximum atomic E-state index is 5.56. The lowest BCUT2D eigenvalue weighted by atomic mass is 10.0. The zero-order valence-corrected chi connectivity index (χ0v) is 13.0. The minimum absolute atomic E-state index is 0.583. The van der Waals surface area contributed by atoms with E-state index >= 15 is 0 Å². The summed E-state index contributed by atoms with van der Waals surface area (Å²) in [5.74, 6) is 1.80. The standard InChI is InChI=1S/C14H18BrN3O/c1-8-9(2)11(19-3)5-4-10(8)13-14(15)18-12(17-13)6-7-16/h4-5H,6-7,16H2,1-3H3,(H,17,18). The topological polar surface area (TPSA) is 63.9 Å². The van der Waals surface area contributed by atoms with E-state index in [4.69, 9.17) is 10.5 Å². The quantitative estimate of drug-likeness (QED) is 0.909. The molecule has 3 N–H and O–H groups in total. The number of nitrogens with two attached hydrogens (primary N) is 1. The van der Waals surface area contributed by atoms with E-state index in [0.29, 0.717) is 6.54 Å². The van der Waals surface area contributed by atoms with Gasteiger partial charge < -0.3 is 15.5 Å². The molecule has 0 amide bonds. The smallest absolute Gasteiger partial charge is 0.122 e. The van der Waals surface area contributed by atoms with Crippen LogP contribution in [0.2, 0.25) is 0 Å². The summed E-state index contributed by atoms with van der Waals surface area (Å²) in [4.78, 5) is 7.82. The van der Waals surface area contributed by atoms with Crippen LogP contribution in [0.25, 0.3) is 11.3 Å². The first-order valence-corrected chi connectivity index (χ1v) is 6.96. The lowest BCUT2D eigenvalue weighted by Gasteiger charge is -2.11. The number of ether oxygens (including phenoxy) is 1. The Balaban J connectivity index is 2.50. The van der Waals surface area contributed by atoms with Gasteiger partial charge in [-0.05, 0) is 59.6 Å². The molecule has 1 aromatic heterocycles. The van der Waals surface area contributed by atoms with Crippen molar-refractivity contribution < 1.29 is 4.74 Å². The number of hydrogen-bond acceptors (Lipinski definition) is 3. The highest BCUT2D eigenvalue weighted by Gasteiger charge is 2.14. The second-order valence-electron chi connectivity index (χ2n) is 4.45. The number of nitrogens with one attached hydrogen (secondary N) is 1. The van der Waals surface area contributed by atoms with Gasteiger partial charge in [-0.15, -0.1) is 0 Å². The van der Waals surface area contributed by atoms with E-state index in [-0.39, 0.29) is 0 Å². The first kappa shape index (κ1) is 14.1. The summed E-state index contributed by atoms with van der Waals surface area (Å²) in [7, 11) is 1.69. The molecular formula is C14H18BrN3O. The first-order chi connectivity index (χ1) is 9.08. The fraction of sp³-hybridized carbons (Fsp3) is 0.357. The predicted molar refractivity (Wildman–Crippen MR) is 80.5 cm³/mol. The number of imidazole rings is 1. The predicted octanol–water partition coefficient (Wildman–Crippen LogP) is 2.97. The Bertz CT molecular complexity index is 593. The summed E-state index contributed by atoms with van der Waals surface area (Å²) in [6.45, 7) is 4.72. The molecule has 102 valence electrons. The molecule has 0 atom stereocenters. The molecule has 4 nitrogen and oxygen atoms in total. The molecular weight excluding hydrogens is 306 g/mol. The van der Waals surface area contributed by atoms with Crippen LogP contribution in [0.4, 0.5) is 0 Å². The van der Waals surface area contributed by atoms with Gasteiger partial charge in [-0.3, -0.25) is 0 Å². The van der Waals surface area contributed by atoms with Crippen LogP contribution >= 0.6 is 15.9 Å². The molecule has 0 aliphatic carbocycles. The van der Waals surface area contributed by atoms with Crippen molar-refractivity contribution in [2.45, 2.75) is 20.3 Å². The minimum atomic E-state index is 0.583. The molecule has 0 radical (unpaired) electrons. The number of benzene rings is 1. The molecule has 2 rings (SSSR count). The van der Waals surface area contributed by atoms with Gasteiger partial charge in [0.2, 0.25) is 0 Å². The van der Waals surface area contributed by atoms with Crippen LogP contribution in [0.15, 0.2) is 16.7 Å². The SMILES string of the molecule is COc1ccc(-c2nc(CCN)[nH]c2Br)c(C)c1C. The highest BCUT2D eigenvalue weighted by Crippen LogP contribution is 2.33. The Labute approximate surface area is 121 Å². The van der Waals surface area contributed by atoms with Gasteiger partial charge in [0, 0.05) is 12.0 Å². The van der Waals surface area contributed by atoms with E-state index < -0.39 is 0 Å². The number of methoxy groups -OCH3 is 1. The lowest BCUT2D eigenvalue weighted by Crippen LogP contribution is -2.03. The lowest BCUT2D eigenvalue weighted by molar-refractivity contribution is 0.411. The van der Waals surface area contributed by atoms with Crippen LogP contribution in [0.1, 0.15) is 17.0 Å². The van der Waals surface area contributed by atoms with Gasteiger partial charge in [0.15, 0.2) is 0 Å². The molecule has 0 saturated heterocycles. The van der Waals surface area contributed by atoms with Crippen molar-refractivity contribution >= 4 is 15.9 Å². The van der Waals surface area contributed by atoms with Gasteiger partial charge in [-0.2, -0.15) is 0 Å². The molecule has 0 bridgehead atoms. The Hall–Kier alpha value is -1.33. The molecule has 0 saturated carbocycles. The van der Waals surface area contributed by atoms with Gasteiger partial charge in [-0.1, -0.05) is 0 Å². The van der Waals surface area contributed by atoms with E-state index in [1.807, 2.05) is 12.1 Å². The van der Waals surface area contributed by atoms with Gasteiger partial charge in [0.05, 0.1) is 7.11 Å². The van der Waals surface area contributed by atoms with Crippen LogP contribution in [0.5, 0.6) is 5.75 Å². The number of halogens is 1. The second kappa shape index (κ2) is 5.75. The fourth-order valence-corrected chi connectivity index (χ4v) is 2.64. The summed E-state index contributed by atoms with van der Waals surface area (Å²) in [6, 6.07) is 4.01. The van der Waals surface area contributed by atoms with Crippen LogP contribution in [-0.4, -0.2) is 23.6 Å². The average Bonchev–Trinajstić information content (AvgIpc) is 2.74. The third-order valence-corrected chi connectivity index (χ3v) is 3.88. The van der Waals surface area contributed by atoms with Crippen molar-refractivity contribution in [1.82, 2.24) is 9.97 Å². The third kappa shape index (κ3) is 2.67. The highest BCUT2D eigenvalue weighted by molar-refractivity contribution is 9.10. The van der Waals surface area contributed by atoms with E-state index in [0.717, 1.165) is 39.4 Å². The molecule has 5 heteroatoms. The minimum Gasteiger partial charge on any atom is -0.496 e. The molecule has 1 heterocycles. The summed E-state index contributed by atoms with van der Waals surface area (Å²) in [5, 5.41) is 0. The van der Waals surface area contributed by atoms with Crippen LogP contribution in [0, 0.1) is 13.8 Å². The van der Waals surface area contributed by atoms with Crippen molar-refractivity contribution in [3.05, 3.63) is 33.7 Å². The number of hydrogen-bond donors (Lipinski definition) is 2. The number of aromatic amines is 1. The summed E-state index contributed by atoms with van der Waals surface area (Å²) in [5.41, 5.74) is 9.89. The molecule has 0 unspecified atom stereocenters. The largest absolute Gasteiger partial charge is 0.496 e. The Kier molecular flexibility index (Phi) is 4.27. The van der Waals surface area contributed by atoms with Gasteiger partial charge >= 0.3 is 0 Å². The summed E-state index contributed by atoms with van der Waals surface area (Å²) < 4.78 is 6.23. The van der Waals surface area contributed by atoms with Crippen LogP contribution < -0.4 is 10.5 Å². The van der Waals surface area contributed by atoms with Crippen molar-refractivity contribution in [3.8, 4) is 17.0 Å². The third-order valence-electron chi connectivity index (χ3n) is 3.30. The Morgan fingerprint density at radius 1 is 1.32 bits per heavy atom. The number of aromatic nitrogens is 2. The van der Waals surface area contributed by atoms with Crippen molar-refractivity contribution in [1.29, 1.82) is 0 Å². The number of nitrogens with zero attached hydrogens (tertiary/aromatic N) is 1. The molecule has 0 aliphatic heterocycles. The van der Waals surface area contributed by atoms with Crippen molar-refractivity contribution in [2.24, 2.45) is 5.73 Å². The molecule has 1 aromatic carbocycles. The summed E-state index contributed by atoms with van der Waals surface area (Å²) in [6.07, 6.45) is 0.743. The van der Waals surface area contributed by atoms with Gasteiger partial charge in [0.25, 0.3) is 0 Å². The number of H-pyrrole nitrogens is 1. The van der Waals surface area contributed by atoms with E-state index in [2.05, 4.69) is 39.7 Å². The molecule has 0 fully saturated rings. The molecule has 19 heavy (non-hydrogen) atoms. The van der Waals surface area contributed by atoms with E-state index in [1.165, 1.54) is 5.56 Å². The zero-order chi connectivity index (χ0) is 14.0. The Morgan fingerprint density at radius 2 is 2.05 bits per heavy atom. The van der Waals surface area contributed by atoms with Crippen LogP contribution in [0.3, 0.4) is 0 Å². The first-order valence-electron chi connectivity index (χ1n) is 6.17. The van der Waals surface area contributed by atoms with E-state index in [1.54, 1.807) is 7.11 Å². The molecule has 0 aliphatic rings. The number of rotatable bonds is 4. The molecule has 2 aromatic rings. The maximum absolute atomic E-state index is 5.56. The van der Waals surface area contributed by atoms with Crippen LogP contribution in [-0.2, 0) is 6.42 Å². The Morgan fingerprint density at radius 3 is 2.68 bits per heavy atom. The highest BCUT2D eigenvalue weighted by atomic mass is 79.9. The van der Waals surface area contributed by atoms with Crippen molar-refractivity contribution in [3.63, 3.8) is 0 Å². The fourth-order valence-electron chi connectivity index (χ4n) is 2.10. The molecule has 0 spiro atoms. The monoisotopic (exact) mass is 323 g/mol. The summed E-state index contributed by atoms with van der Waals surface area (Å²) >= 11 is 3.53. The second-order valence-corrected chi connectivity index (χ2v) is 5.24. The van der Waals surface area contributed by atoms with E-state index in [9.17, 15) is 0 Å². The zero-order valence-electron chi connectivity index (χ0n) is 11.4. The van der Waals surface area contributed by atoms with Gasteiger partial charge in [0.1, 0.15) is 21.9 Å². The van der Waals surface area contributed by atoms with Gasteiger partial charge in [-0.25, -0.2) is 4.98 Å². The average molecular weight is 324 g/mol. The van der Waals surface area contributed by atoms with Crippen molar-refractivity contribution in [2.75, 3.05) is 13.7 Å².